The lowest BCUT2D eigenvalue weighted by Crippen LogP contribution is -1.98. The maximum Gasteiger partial charge on any atom is 0.331 e. The van der Waals surface area contributed by atoms with Crippen molar-refractivity contribution in [3.63, 3.8) is 0 Å². The average molecular weight is 244 g/mol. The second-order valence-corrected chi connectivity index (χ2v) is 2.63. The van der Waals surface area contributed by atoms with E-state index in [1.165, 1.54) is 25.3 Å². The molecule has 0 aromatic rings. The summed E-state index contributed by atoms with van der Waals surface area (Å²) >= 11 is 0. The van der Waals surface area contributed by atoms with Crippen molar-refractivity contribution in [2.45, 2.75) is 0 Å². The molecular formula is C14H12O4. The van der Waals surface area contributed by atoms with Crippen LogP contribution in [0.3, 0.4) is 0 Å². The van der Waals surface area contributed by atoms with Crippen LogP contribution in [0.25, 0.3) is 0 Å². The minimum Gasteiger partial charge on any atom is -0.466 e. The predicted molar refractivity (Wildman–Crippen MR) is 67.0 cm³/mol. The van der Waals surface area contributed by atoms with Crippen LogP contribution in [0.2, 0.25) is 0 Å². The second kappa shape index (κ2) is 10.8. The van der Waals surface area contributed by atoms with Gasteiger partial charge in [-0.3, -0.25) is 0 Å². The number of carbonyl (C=O) groups excluding carboxylic acids is 2. The summed E-state index contributed by atoms with van der Waals surface area (Å²) in [5.41, 5.74) is 0. The van der Waals surface area contributed by atoms with Crippen LogP contribution in [0.4, 0.5) is 0 Å². The molecule has 4 nitrogen and oxygen atoms in total. The summed E-state index contributed by atoms with van der Waals surface area (Å²) in [7, 11) is 1.28. The lowest BCUT2D eigenvalue weighted by molar-refractivity contribution is -0.136. The molecule has 0 aromatic heterocycles. The summed E-state index contributed by atoms with van der Waals surface area (Å²) in [4.78, 5) is 21.2. The Morgan fingerprint density at radius 1 is 1.17 bits per heavy atom. The first-order valence-electron chi connectivity index (χ1n) is 4.90. The molecule has 0 bridgehead atoms. The van der Waals surface area contributed by atoms with Gasteiger partial charge in [-0.05, 0) is 30.1 Å². The molecule has 0 aromatic carbocycles. The Balaban J connectivity index is 3.92. The third-order valence-electron chi connectivity index (χ3n) is 1.40. The molecule has 0 saturated heterocycles. The quantitative estimate of drug-likeness (QED) is 0.420. The summed E-state index contributed by atoms with van der Waals surface area (Å²) < 4.78 is 9.03. The zero-order valence-electron chi connectivity index (χ0n) is 9.93. The van der Waals surface area contributed by atoms with Crippen molar-refractivity contribution in [3.8, 4) is 23.7 Å². The third-order valence-corrected chi connectivity index (χ3v) is 1.40. The van der Waals surface area contributed by atoms with Gasteiger partial charge in [0.15, 0.2) is 0 Å². The fourth-order valence-corrected chi connectivity index (χ4v) is 0.629. The standard InChI is InChI=1S/C14H12O4/c1-3-13(15)18-12-10-8-6-4-5-7-9-11-14(16)17-2/h3,8-11H,1,12H2,2H3/b10-8+,11-9+. The molecule has 0 amide bonds. The van der Waals surface area contributed by atoms with E-state index in [4.69, 9.17) is 0 Å². The molecule has 0 heterocycles. The SMILES string of the molecule is C=CC(=O)OC/C=C/C#CC#C/C=C/C(=O)OC. The Bertz CT molecular complexity index is 475. The van der Waals surface area contributed by atoms with Crippen molar-refractivity contribution in [2.24, 2.45) is 0 Å². The summed E-state index contributed by atoms with van der Waals surface area (Å²) in [5.74, 6) is 9.19. The van der Waals surface area contributed by atoms with Crippen molar-refractivity contribution in [1.82, 2.24) is 0 Å². The van der Waals surface area contributed by atoms with E-state index >= 15 is 0 Å². The van der Waals surface area contributed by atoms with Gasteiger partial charge in [0.05, 0.1) is 7.11 Å². The molecule has 0 radical (unpaired) electrons. The number of ether oxygens (including phenoxy) is 2. The van der Waals surface area contributed by atoms with Crippen LogP contribution in [0.15, 0.2) is 37.0 Å². The summed E-state index contributed by atoms with van der Waals surface area (Å²) in [6, 6.07) is 0. The Hall–Kier alpha value is -2.72. The van der Waals surface area contributed by atoms with Crippen molar-refractivity contribution in [2.75, 3.05) is 13.7 Å². The number of hydrogen-bond acceptors (Lipinski definition) is 4. The molecule has 0 aliphatic carbocycles. The first-order chi connectivity index (χ1) is 8.70. The minimum absolute atomic E-state index is 0.134. The number of hydrogen-bond donors (Lipinski definition) is 0. The van der Waals surface area contributed by atoms with Crippen LogP contribution in [-0.4, -0.2) is 25.7 Å². The van der Waals surface area contributed by atoms with Crippen LogP contribution in [0.5, 0.6) is 0 Å². The fourth-order valence-electron chi connectivity index (χ4n) is 0.629. The molecule has 0 rings (SSSR count). The number of rotatable bonds is 4. The second-order valence-electron chi connectivity index (χ2n) is 2.63. The molecule has 0 fully saturated rings. The molecule has 0 N–H and O–H groups in total. The Labute approximate surface area is 106 Å². The van der Waals surface area contributed by atoms with E-state index < -0.39 is 11.9 Å². The van der Waals surface area contributed by atoms with Crippen molar-refractivity contribution < 1.29 is 19.1 Å². The summed E-state index contributed by atoms with van der Waals surface area (Å²) in [5, 5.41) is 0. The van der Waals surface area contributed by atoms with Crippen molar-refractivity contribution in [1.29, 1.82) is 0 Å². The maximum absolute atomic E-state index is 10.6. The van der Waals surface area contributed by atoms with Gasteiger partial charge in [-0.15, -0.1) is 0 Å². The highest BCUT2D eigenvalue weighted by Crippen LogP contribution is 1.80. The van der Waals surface area contributed by atoms with Crippen LogP contribution in [-0.2, 0) is 19.1 Å². The monoisotopic (exact) mass is 244 g/mol. The van der Waals surface area contributed by atoms with Crippen LogP contribution in [0, 0.1) is 23.7 Å². The van der Waals surface area contributed by atoms with E-state index in [1.807, 2.05) is 0 Å². The number of carbonyl (C=O) groups is 2. The Morgan fingerprint density at radius 2 is 1.83 bits per heavy atom. The van der Waals surface area contributed by atoms with E-state index in [-0.39, 0.29) is 6.61 Å². The molecular weight excluding hydrogens is 232 g/mol. The Kier molecular flexibility index (Phi) is 9.16. The molecule has 0 aliphatic heterocycles. The van der Waals surface area contributed by atoms with E-state index in [9.17, 15) is 9.59 Å². The van der Waals surface area contributed by atoms with Crippen LogP contribution >= 0.6 is 0 Å². The first-order valence-corrected chi connectivity index (χ1v) is 4.90. The number of allylic oxidation sites excluding steroid dienone is 2. The van der Waals surface area contributed by atoms with E-state index in [0.717, 1.165) is 6.08 Å². The highest BCUT2D eigenvalue weighted by molar-refractivity contribution is 5.82. The van der Waals surface area contributed by atoms with Gasteiger partial charge in [0, 0.05) is 12.2 Å². The van der Waals surface area contributed by atoms with Gasteiger partial charge in [-0.2, -0.15) is 0 Å². The molecule has 0 unspecified atom stereocenters. The van der Waals surface area contributed by atoms with Gasteiger partial charge < -0.3 is 9.47 Å². The summed E-state index contributed by atoms with van der Waals surface area (Å²) in [6.45, 7) is 3.39. The maximum atomic E-state index is 10.6. The van der Waals surface area contributed by atoms with Crippen LogP contribution < -0.4 is 0 Å². The van der Waals surface area contributed by atoms with E-state index in [0.29, 0.717) is 0 Å². The fraction of sp³-hybridized carbons (Fsp3) is 0.143. The highest BCUT2D eigenvalue weighted by Gasteiger charge is 1.89. The summed E-state index contributed by atoms with van der Waals surface area (Å²) in [6.07, 6.45) is 6.70. The van der Waals surface area contributed by atoms with Gasteiger partial charge in [0.1, 0.15) is 6.61 Å². The van der Waals surface area contributed by atoms with Gasteiger partial charge in [-0.25, -0.2) is 9.59 Å². The van der Waals surface area contributed by atoms with Gasteiger partial charge in [-0.1, -0.05) is 18.4 Å². The average Bonchev–Trinajstić information content (AvgIpc) is 2.40. The zero-order chi connectivity index (χ0) is 13.6. The molecule has 0 atom stereocenters. The zero-order valence-corrected chi connectivity index (χ0v) is 9.93. The van der Waals surface area contributed by atoms with Gasteiger partial charge in [0.25, 0.3) is 0 Å². The van der Waals surface area contributed by atoms with Crippen LogP contribution in [0.1, 0.15) is 0 Å². The van der Waals surface area contributed by atoms with Crippen molar-refractivity contribution in [3.05, 3.63) is 37.0 Å². The lowest BCUT2D eigenvalue weighted by Gasteiger charge is -1.92. The topological polar surface area (TPSA) is 52.6 Å². The largest absolute Gasteiger partial charge is 0.466 e. The molecule has 18 heavy (non-hydrogen) atoms. The van der Waals surface area contributed by atoms with E-state index in [2.05, 4.69) is 39.7 Å². The molecule has 0 spiro atoms. The molecule has 0 aliphatic rings. The van der Waals surface area contributed by atoms with Gasteiger partial charge in [0.2, 0.25) is 0 Å². The van der Waals surface area contributed by atoms with Gasteiger partial charge >= 0.3 is 11.9 Å². The molecule has 0 saturated carbocycles. The lowest BCUT2D eigenvalue weighted by atomic mass is 10.4. The first kappa shape index (κ1) is 15.3. The number of esters is 2. The highest BCUT2D eigenvalue weighted by atomic mass is 16.5. The minimum atomic E-state index is -0.486. The molecule has 92 valence electrons. The predicted octanol–water partition coefficient (Wildman–Crippen LogP) is 1.01. The molecule has 4 heteroatoms. The number of methoxy groups -OCH3 is 1. The smallest absolute Gasteiger partial charge is 0.331 e. The normalized spacial score (nSPS) is 8.94. The van der Waals surface area contributed by atoms with Crippen molar-refractivity contribution >= 4 is 11.9 Å². The van der Waals surface area contributed by atoms with E-state index in [1.54, 1.807) is 6.08 Å². The third kappa shape index (κ3) is 9.82. The Morgan fingerprint density at radius 3 is 2.44 bits per heavy atom.